The molecule has 1 atom stereocenters. The van der Waals surface area contributed by atoms with Gasteiger partial charge < -0.3 is 10.5 Å². The van der Waals surface area contributed by atoms with E-state index in [1.807, 2.05) is 25.1 Å². The summed E-state index contributed by atoms with van der Waals surface area (Å²) < 4.78 is 28.6. The molecule has 0 saturated carbocycles. The average Bonchev–Trinajstić information content (AvgIpc) is 2.29. The molecule has 0 saturated heterocycles. The van der Waals surface area contributed by atoms with Gasteiger partial charge in [0.25, 0.3) is 0 Å². The number of hydrogen-bond donors (Lipinski definition) is 1. The maximum atomic E-state index is 11.6. The lowest BCUT2D eigenvalue weighted by atomic mass is 10.3. The molecule has 0 fully saturated rings. The molecule has 0 bridgehead atoms. The van der Waals surface area contributed by atoms with Gasteiger partial charge in [-0.1, -0.05) is 25.1 Å². The van der Waals surface area contributed by atoms with Crippen molar-refractivity contribution in [1.29, 1.82) is 0 Å². The van der Waals surface area contributed by atoms with Gasteiger partial charge in [0.1, 0.15) is 12.4 Å². The maximum Gasteiger partial charge on any atom is 0.155 e. The molecule has 0 radical (unpaired) electrons. The molecule has 17 heavy (non-hydrogen) atoms. The van der Waals surface area contributed by atoms with Crippen molar-refractivity contribution < 1.29 is 13.2 Å². The normalized spacial score (nSPS) is 13.3. The number of sulfone groups is 1. The molecule has 96 valence electrons. The van der Waals surface area contributed by atoms with E-state index < -0.39 is 9.84 Å². The zero-order chi connectivity index (χ0) is 12.7. The van der Waals surface area contributed by atoms with Crippen LogP contribution in [-0.4, -0.2) is 32.6 Å². The summed E-state index contributed by atoms with van der Waals surface area (Å²) >= 11 is 0. The molecule has 1 rings (SSSR count). The highest BCUT2D eigenvalue weighted by Crippen LogP contribution is 2.08. The van der Waals surface area contributed by atoms with Crippen LogP contribution in [0.2, 0.25) is 0 Å². The Kier molecular flexibility index (Phi) is 5.44. The molecule has 1 unspecified atom stereocenters. The molecule has 1 aromatic rings. The monoisotopic (exact) mass is 257 g/mol. The summed E-state index contributed by atoms with van der Waals surface area (Å²) in [7, 11) is -3.11. The number of ether oxygens (including phenoxy) is 1. The van der Waals surface area contributed by atoms with Crippen LogP contribution in [0.3, 0.4) is 0 Å². The summed E-state index contributed by atoms with van der Waals surface area (Å²) in [6.07, 6.45) is 0.665. The van der Waals surface area contributed by atoms with Crippen LogP contribution in [0.25, 0.3) is 0 Å². The molecule has 2 N–H and O–H groups in total. The Morgan fingerprint density at radius 1 is 1.29 bits per heavy atom. The van der Waals surface area contributed by atoms with Crippen LogP contribution in [-0.2, 0) is 9.84 Å². The molecule has 0 heterocycles. The van der Waals surface area contributed by atoms with Gasteiger partial charge in [0.15, 0.2) is 9.84 Å². The summed E-state index contributed by atoms with van der Waals surface area (Å²) in [5, 5.41) is 0. The highest BCUT2D eigenvalue weighted by atomic mass is 32.2. The SMILES string of the molecule is CCC(N)CS(=O)(=O)CCOc1ccccc1. The van der Waals surface area contributed by atoms with Crippen LogP contribution in [0.4, 0.5) is 0 Å². The van der Waals surface area contributed by atoms with Gasteiger partial charge >= 0.3 is 0 Å². The molecule has 0 aliphatic carbocycles. The second kappa shape index (κ2) is 6.61. The zero-order valence-corrected chi connectivity index (χ0v) is 10.8. The third-order valence-electron chi connectivity index (χ3n) is 2.40. The van der Waals surface area contributed by atoms with Crippen molar-refractivity contribution in [3.8, 4) is 5.75 Å². The molecule has 0 amide bonds. The van der Waals surface area contributed by atoms with Crippen LogP contribution in [0.1, 0.15) is 13.3 Å². The fraction of sp³-hybridized carbons (Fsp3) is 0.500. The minimum Gasteiger partial charge on any atom is -0.493 e. The van der Waals surface area contributed by atoms with E-state index in [0.717, 1.165) is 0 Å². The third-order valence-corrected chi connectivity index (χ3v) is 4.12. The summed E-state index contributed by atoms with van der Waals surface area (Å²) in [6.45, 7) is 2.05. The van der Waals surface area contributed by atoms with E-state index in [0.29, 0.717) is 12.2 Å². The highest BCUT2D eigenvalue weighted by molar-refractivity contribution is 7.91. The first kappa shape index (κ1) is 14.0. The average molecular weight is 257 g/mol. The van der Waals surface area contributed by atoms with Crippen LogP contribution >= 0.6 is 0 Å². The quantitative estimate of drug-likeness (QED) is 0.797. The summed E-state index contributed by atoms with van der Waals surface area (Å²) in [6, 6.07) is 8.88. The van der Waals surface area contributed by atoms with Crippen molar-refractivity contribution in [3.05, 3.63) is 30.3 Å². The van der Waals surface area contributed by atoms with Crippen LogP contribution in [0, 0.1) is 0 Å². The molecule has 0 aromatic heterocycles. The largest absolute Gasteiger partial charge is 0.493 e. The number of benzene rings is 1. The fourth-order valence-corrected chi connectivity index (χ4v) is 2.72. The van der Waals surface area contributed by atoms with Gasteiger partial charge in [-0.15, -0.1) is 0 Å². The number of nitrogens with two attached hydrogens (primary N) is 1. The molecule has 0 spiro atoms. The van der Waals surface area contributed by atoms with Crippen LogP contribution in [0.15, 0.2) is 30.3 Å². The third kappa shape index (κ3) is 5.70. The van der Waals surface area contributed by atoms with Crippen molar-refractivity contribution in [1.82, 2.24) is 0 Å². The Hall–Kier alpha value is -1.07. The first-order chi connectivity index (χ1) is 8.03. The lowest BCUT2D eigenvalue weighted by Crippen LogP contribution is -2.31. The van der Waals surface area contributed by atoms with E-state index in [1.165, 1.54) is 0 Å². The fourth-order valence-electron chi connectivity index (χ4n) is 1.33. The smallest absolute Gasteiger partial charge is 0.155 e. The van der Waals surface area contributed by atoms with Crippen molar-refractivity contribution in [3.63, 3.8) is 0 Å². The van der Waals surface area contributed by atoms with Gasteiger partial charge in [-0.3, -0.25) is 0 Å². The lowest BCUT2D eigenvalue weighted by molar-refractivity contribution is 0.340. The van der Waals surface area contributed by atoms with E-state index in [1.54, 1.807) is 12.1 Å². The Morgan fingerprint density at radius 2 is 1.94 bits per heavy atom. The van der Waals surface area contributed by atoms with Gasteiger partial charge in [0.05, 0.1) is 11.5 Å². The lowest BCUT2D eigenvalue weighted by Gasteiger charge is -2.10. The van der Waals surface area contributed by atoms with E-state index in [-0.39, 0.29) is 24.2 Å². The predicted octanol–water partition coefficient (Wildman–Crippen LogP) is 1.22. The van der Waals surface area contributed by atoms with E-state index in [2.05, 4.69) is 0 Å². The summed E-state index contributed by atoms with van der Waals surface area (Å²) in [5.41, 5.74) is 5.62. The standard InChI is InChI=1S/C12H19NO3S/c1-2-11(13)10-17(14,15)9-8-16-12-6-4-3-5-7-12/h3-7,11H,2,8-10,13H2,1H3. The Morgan fingerprint density at radius 3 is 2.53 bits per heavy atom. The second-order valence-corrected chi connectivity index (χ2v) is 6.17. The van der Waals surface area contributed by atoms with Crippen molar-refractivity contribution in [2.75, 3.05) is 18.1 Å². The van der Waals surface area contributed by atoms with Gasteiger partial charge in [-0.25, -0.2) is 8.42 Å². The molecular weight excluding hydrogens is 238 g/mol. The topological polar surface area (TPSA) is 69.4 Å². The number of rotatable bonds is 7. The molecule has 4 nitrogen and oxygen atoms in total. The maximum absolute atomic E-state index is 11.6. The highest BCUT2D eigenvalue weighted by Gasteiger charge is 2.15. The Labute approximate surface area is 103 Å². The van der Waals surface area contributed by atoms with Gasteiger partial charge in [-0.05, 0) is 18.6 Å². The number of para-hydroxylation sites is 1. The molecule has 1 aromatic carbocycles. The summed E-state index contributed by atoms with van der Waals surface area (Å²) in [4.78, 5) is 0. The first-order valence-electron chi connectivity index (χ1n) is 5.67. The summed E-state index contributed by atoms with van der Waals surface area (Å²) in [5.74, 6) is 0.722. The first-order valence-corrected chi connectivity index (χ1v) is 7.49. The number of hydrogen-bond acceptors (Lipinski definition) is 4. The Bertz CT molecular complexity index is 417. The minimum absolute atomic E-state index is 0.00952. The van der Waals surface area contributed by atoms with Crippen LogP contribution < -0.4 is 10.5 Å². The van der Waals surface area contributed by atoms with E-state index in [9.17, 15) is 8.42 Å². The van der Waals surface area contributed by atoms with Gasteiger partial charge in [0.2, 0.25) is 0 Å². The van der Waals surface area contributed by atoms with Gasteiger partial charge in [-0.2, -0.15) is 0 Å². The Balaban J connectivity index is 2.36. The molecular formula is C12H19NO3S. The van der Waals surface area contributed by atoms with Crippen LogP contribution in [0.5, 0.6) is 5.75 Å². The molecule has 5 heteroatoms. The minimum atomic E-state index is -3.11. The second-order valence-electron chi connectivity index (χ2n) is 3.94. The van der Waals surface area contributed by atoms with E-state index >= 15 is 0 Å². The van der Waals surface area contributed by atoms with Crippen molar-refractivity contribution in [2.24, 2.45) is 5.73 Å². The van der Waals surface area contributed by atoms with Gasteiger partial charge in [0, 0.05) is 6.04 Å². The van der Waals surface area contributed by atoms with Crippen molar-refractivity contribution in [2.45, 2.75) is 19.4 Å². The van der Waals surface area contributed by atoms with Crippen molar-refractivity contribution >= 4 is 9.84 Å². The van der Waals surface area contributed by atoms with E-state index in [4.69, 9.17) is 10.5 Å². The zero-order valence-electron chi connectivity index (χ0n) is 10.0. The molecule has 0 aliphatic heterocycles. The molecule has 0 aliphatic rings. The predicted molar refractivity (Wildman–Crippen MR) is 68.9 cm³/mol.